The molecule has 0 saturated heterocycles. The third kappa shape index (κ3) is 2.67. The highest BCUT2D eigenvalue weighted by Crippen LogP contribution is 2.66. The number of carboxylic acids is 1. The Morgan fingerprint density at radius 2 is 1.85 bits per heavy atom. The Labute approximate surface area is 157 Å². The maximum Gasteiger partial charge on any atom is 0.307 e. The molecule has 26 heavy (non-hydrogen) atoms. The summed E-state index contributed by atoms with van der Waals surface area (Å²) < 4.78 is 0. The Bertz CT molecular complexity index is 624. The predicted molar refractivity (Wildman–Crippen MR) is 101 cm³/mol. The molecule has 2 N–H and O–H groups in total. The number of aliphatic hydroxyl groups excluding tert-OH is 1. The van der Waals surface area contributed by atoms with Gasteiger partial charge >= 0.3 is 5.97 Å². The summed E-state index contributed by atoms with van der Waals surface area (Å²) in [5, 5.41) is 20.7. The van der Waals surface area contributed by atoms with Crippen LogP contribution in [0.2, 0.25) is 0 Å². The van der Waals surface area contributed by atoms with Crippen molar-refractivity contribution in [2.75, 3.05) is 0 Å². The number of carboxylic acid groups (broad SMARTS) is 1. The van der Waals surface area contributed by atoms with Gasteiger partial charge in [-0.05, 0) is 73.2 Å². The van der Waals surface area contributed by atoms with E-state index >= 15 is 0 Å². The number of carbonyl (C=O) groups excluding carboxylic acids is 1. The molecule has 0 aromatic rings. The molecule has 4 heteroatoms. The van der Waals surface area contributed by atoms with Crippen molar-refractivity contribution < 1.29 is 19.8 Å². The summed E-state index contributed by atoms with van der Waals surface area (Å²) in [5.41, 5.74) is 0.864. The molecule has 0 spiro atoms. The summed E-state index contributed by atoms with van der Waals surface area (Å²) in [6, 6.07) is 0. The fraction of sp³-hybridized carbons (Fsp3) is 0.818. The van der Waals surface area contributed by atoms with Gasteiger partial charge in [-0.3, -0.25) is 9.59 Å². The zero-order chi connectivity index (χ0) is 19.3. The van der Waals surface area contributed by atoms with Crippen LogP contribution in [0.4, 0.5) is 0 Å². The number of hydrogen-bond acceptors (Lipinski definition) is 3. The quantitative estimate of drug-likeness (QED) is 0.732. The lowest BCUT2D eigenvalue weighted by molar-refractivity contribution is -0.158. The molecular weight excluding hydrogens is 328 g/mol. The van der Waals surface area contributed by atoms with Gasteiger partial charge in [0.25, 0.3) is 0 Å². The standard InChI is InChI=1S/C20H28O4.C2H6/c1-19-8-7-12(21)9-11(19)3-4-13-14-5-6-15(18(23)24)20(14,2)10-16(22)17(13)19;1-2/h9,13-17,22H,3-8,10H2,1-2H3,(H,23,24);1-2H3. The number of aliphatic carboxylic acids is 1. The van der Waals surface area contributed by atoms with Crippen LogP contribution in [0.1, 0.15) is 72.6 Å². The minimum atomic E-state index is -0.698. The number of aliphatic hydroxyl groups is 1. The van der Waals surface area contributed by atoms with E-state index in [9.17, 15) is 19.8 Å². The first-order valence-corrected chi connectivity index (χ1v) is 10.4. The summed E-state index contributed by atoms with van der Waals surface area (Å²) in [7, 11) is 0. The normalized spacial score (nSPS) is 46.9. The molecule has 0 aromatic heterocycles. The Kier molecular flexibility index (Phi) is 5.11. The van der Waals surface area contributed by atoms with E-state index in [2.05, 4.69) is 13.8 Å². The molecule has 0 aliphatic heterocycles. The highest BCUT2D eigenvalue weighted by molar-refractivity contribution is 5.91. The van der Waals surface area contributed by atoms with Gasteiger partial charge in [-0.15, -0.1) is 0 Å². The van der Waals surface area contributed by atoms with Crippen molar-refractivity contribution in [1.82, 2.24) is 0 Å². The second-order valence-electron chi connectivity index (χ2n) is 9.13. The van der Waals surface area contributed by atoms with Crippen molar-refractivity contribution in [2.24, 2.45) is 34.5 Å². The van der Waals surface area contributed by atoms with E-state index in [-0.39, 0.29) is 28.4 Å². The van der Waals surface area contributed by atoms with Gasteiger partial charge in [-0.2, -0.15) is 0 Å². The first-order chi connectivity index (χ1) is 12.3. The van der Waals surface area contributed by atoms with Gasteiger partial charge in [-0.25, -0.2) is 0 Å². The maximum absolute atomic E-state index is 11.8. The molecule has 4 rings (SSSR count). The van der Waals surface area contributed by atoms with Gasteiger partial charge < -0.3 is 10.2 Å². The molecule has 0 radical (unpaired) electrons. The van der Waals surface area contributed by atoms with E-state index in [0.717, 1.165) is 32.1 Å². The van der Waals surface area contributed by atoms with Crippen molar-refractivity contribution in [2.45, 2.75) is 78.7 Å². The average molecular weight is 363 g/mol. The Balaban J connectivity index is 0.000000948. The molecule has 3 saturated carbocycles. The second-order valence-corrected chi connectivity index (χ2v) is 9.13. The smallest absolute Gasteiger partial charge is 0.307 e. The number of hydrogen-bond donors (Lipinski definition) is 2. The Hall–Kier alpha value is -1.16. The van der Waals surface area contributed by atoms with Crippen LogP contribution in [-0.2, 0) is 9.59 Å². The minimum Gasteiger partial charge on any atom is -0.481 e. The minimum absolute atomic E-state index is 0.0844. The molecule has 3 fully saturated rings. The van der Waals surface area contributed by atoms with E-state index in [4.69, 9.17) is 0 Å². The van der Waals surface area contributed by atoms with Crippen molar-refractivity contribution in [3.63, 3.8) is 0 Å². The van der Waals surface area contributed by atoms with Gasteiger partial charge in [0, 0.05) is 6.42 Å². The Morgan fingerprint density at radius 3 is 2.50 bits per heavy atom. The molecule has 4 aliphatic carbocycles. The number of allylic oxidation sites excluding steroid dienone is 1. The summed E-state index contributed by atoms with van der Waals surface area (Å²) in [4.78, 5) is 23.6. The van der Waals surface area contributed by atoms with E-state index in [1.54, 1.807) is 0 Å². The van der Waals surface area contributed by atoms with Crippen LogP contribution < -0.4 is 0 Å². The van der Waals surface area contributed by atoms with Crippen molar-refractivity contribution in [3.05, 3.63) is 11.6 Å². The van der Waals surface area contributed by atoms with Gasteiger partial charge in [0.1, 0.15) is 0 Å². The lowest BCUT2D eigenvalue weighted by Gasteiger charge is -2.59. The molecule has 0 amide bonds. The van der Waals surface area contributed by atoms with Crippen molar-refractivity contribution >= 4 is 11.8 Å². The van der Waals surface area contributed by atoms with Crippen LogP contribution in [0.5, 0.6) is 0 Å². The fourth-order valence-electron chi connectivity index (χ4n) is 7.09. The third-order valence-electron chi connectivity index (χ3n) is 8.19. The predicted octanol–water partition coefficient (Wildman–Crippen LogP) is 4.22. The molecule has 7 atom stereocenters. The first kappa shape index (κ1) is 19.6. The second kappa shape index (κ2) is 6.78. The summed E-state index contributed by atoms with van der Waals surface area (Å²) in [6.45, 7) is 8.33. The molecule has 0 bridgehead atoms. The van der Waals surface area contributed by atoms with Crippen LogP contribution in [-0.4, -0.2) is 28.1 Å². The van der Waals surface area contributed by atoms with E-state index < -0.39 is 12.1 Å². The van der Waals surface area contributed by atoms with Gasteiger partial charge in [-0.1, -0.05) is 33.3 Å². The molecular formula is C22H34O4. The third-order valence-corrected chi connectivity index (χ3v) is 8.19. The average Bonchev–Trinajstić information content (AvgIpc) is 2.93. The van der Waals surface area contributed by atoms with Gasteiger partial charge in [0.05, 0.1) is 12.0 Å². The van der Waals surface area contributed by atoms with Crippen LogP contribution in [0.15, 0.2) is 11.6 Å². The van der Waals surface area contributed by atoms with Crippen LogP contribution in [0, 0.1) is 34.5 Å². The fourth-order valence-corrected chi connectivity index (χ4v) is 7.09. The molecule has 146 valence electrons. The number of ketones is 1. The molecule has 0 heterocycles. The maximum atomic E-state index is 11.8. The highest BCUT2D eigenvalue weighted by atomic mass is 16.4. The summed E-state index contributed by atoms with van der Waals surface area (Å²) in [6.07, 6.45) is 7.01. The van der Waals surface area contributed by atoms with E-state index in [1.807, 2.05) is 19.9 Å². The molecule has 0 aromatic carbocycles. The number of rotatable bonds is 1. The molecule has 7 unspecified atom stereocenters. The van der Waals surface area contributed by atoms with Crippen LogP contribution in [0.25, 0.3) is 0 Å². The largest absolute Gasteiger partial charge is 0.481 e. The molecule has 4 nitrogen and oxygen atoms in total. The topological polar surface area (TPSA) is 74.6 Å². The van der Waals surface area contributed by atoms with Crippen molar-refractivity contribution in [1.29, 1.82) is 0 Å². The van der Waals surface area contributed by atoms with Crippen LogP contribution >= 0.6 is 0 Å². The molecule has 4 aliphatic rings. The van der Waals surface area contributed by atoms with Gasteiger partial charge in [0.2, 0.25) is 0 Å². The zero-order valence-electron chi connectivity index (χ0n) is 16.6. The van der Waals surface area contributed by atoms with E-state index in [0.29, 0.717) is 24.7 Å². The first-order valence-electron chi connectivity index (χ1n) is 10.4. The van der Waals surface area contributed by atoms with Crippen molar-refractivity contribution in [3.8, 4) is 0 Å². The monoisotopic (exact) mass is 362 g/mol. The lowest BCUT2D eigenvalue weighted by atomic mass is 9.46. The highest BCUT2D eigenvalue weighted by Gasteiger charge is 2.63. The number of carbonyl (C=O) groups is 2. The summed E-state index contributed by atoms with van der Waals surface area (Å²) in [5.74, 6) is 0.160. The van der Waals surface area contributed by atoms with E-state index in [1.165, 1.54) is 5.57 Å². The van der Waals surface area contributed by atoms with Crippen LogP contribution in [0.3, 0.4) is 0 Å². The number of fused-ring (bicyclic) bond motifs is 5. The zero-order valence-corrected chi connectivity index (χ0v) is 16.6. The Morgan fingerprint density at radius 1 is 1.15 bits per heavy atom. The lowest BCUT2D eigenvalue weighted by Crippen LogP contribution is -2.57. The van der Waals surface area contributed by atoms with Gasteiger partial charge in [0.15, 0.2) is 5.78 Å². The SMILES string of the molecule is CC.CC12CCC(=O)C=C1CCC1C2C(O)CC2(C)C(C(=O)O)CCC12. The summed E-state index contributed by atoms with van der Waals surface area (Å²) >= 11 is 0.